The number of likely N-dealkylation sites (N-methyl/N-ethyl adjacent to an activating group) is 1. The van der Waals surface area contributed by atoms with Crippen LogP contribution in [-0.2, 0) is 29.2 Å². The molecule has 0 saturated heterocycles. The van der Waals surface area contributed by atoms with Gasteiger partial charge in [0.25, 0.3) is 10.1 Å². The lowest BCUT2D eigenvalue weighted by molar-refractivity contribution is -0.910. The number of aliphatic hydroxyl groups excluding tert-OH is 2. The van der Waals surface area contributed by atoms with Crippen LogP contribution in [0.25, 0.3) is 0 Å². The highest BCUT2D eigenvalue weighted by Gasteiger charge is 2.33. The first-order chi connectivity index (χ1) is 12.6. The zero-order valence-corrected chi connectivity index (χ0v) is 16.4. The molecular weight excluding hydrogens is 382 g/mol. The van der Waals surface area contributed by atoms with Gasteiger partial charge in [-0.15, -0.1) is 0 Å². The molecule has 10 nitrogen and oxygen atoms in total. The highest BCUT2D eigenvalue weighted by Crippen LogP contribution is 2.22. The largest absolute Gasteiger partial charge is 0.461 e. The summed E-state index contributed by atoms with van der Waals surface area (Å²) >= 11 is 0. The summed E-state index contributed by atoms with van der Waals surface area (Å²) in [6.07, 6.45) is 2.10. The first-order valence-electron chi connectivity index (χ1n) is 8.95. The highest BCUT2D eigenvalue weighted by atomic mass is 32.2. The van der Waals surface area contributed by atoms with Crippen molar-refractivity contribution in [3.63, 3.8) is 0 Å². The number of carbonyl (C=O) groups excluding carboxylic acids is 2. The van der Waals surface area contributed by atoms with E-state index < -0.39 is 34.0 Å². The number of aliphatic hydroxyl groups is 2. The zero-order valence-electron chi connectivity index (χ0n) is 15.6. The lowest BCUT2D eigenvalue weighted by Gasteiger charge is -2.33. The van der Waals surface area contributed by atoms with Crippen LogP contribution in [0.3, 0.4) is 0 Å². The second-order valence-electron chi connectivity index (χ2n) is 6.95. The van der Waals surface area contributed by atoms with E-state index in [2.05, 4.69) is 0 Å². The van der Waals surface area contributed by atoms with E-state index in [-0.39, 0.29) is 36.6 Å². The summed E-state index contributed by atoms with van der Waals surface area (Å²) in [5, 5.41) is 18.2. The van der Waals surface area contributed by atoms with E-state index in [4.69, 9.17) is 19.7 Å². The van der Waals surface area contributed by atoms with Gasteiger partial charge in [-0.05, 0) is 12.8 Å². The molecule has 0 bridgehead atoms. The van der Waals surface area contributed by atoms with Gasteiger partial charge >= 0.3 is 5.97 Å². The number of carbonyl (C=O) groups is 2. The van der Waals surface area contributed by atoms with Gasteiger partial charge in [0.2, 0.25) is 5.44 Å². The third kappa shape index (κ3) is 8.20. The topological polar surface area (TPSA) is 147 Å². The quantitative estimate of drug-likeness (QED) is 0.158. The minimum Gasteiger partial charge on any atom is -0.461 e. The van der Waals surface area contributed by atoms with Crippen LogP contribution in [0.15, 0.2) is 0 Å². The summed E-state index contributed by atoms with van der Waals surface area (Å²) in [5.74, 6) is -1.93. The van der Waals surface area contributed by atoms with Crippen LogP contribution in [-0.4, -0.2) is 98.0 Å². The van der Waals surface area contributed by atoms with Crippen LogP contribution < -0.4 is 0 Å². The normalized spacial score (nSPS) is 19.7. The van der Waals surface area contributed by atoms with E-state index in [9.17, 15) is 22.6 Å². The van der Waals surface area contributed by atoms with Crippen LogP contribution in [0.4, 0.5) is 0 Å². The summed E-state index contributed by atoms with van der Waals surface area (Å²) in [6.45, 7) is -0.136. The van der Waals surface area contributed by atoms with Gasteiger partial charge in [-0.3, -0.25) is 14.1 Å². The van der Waals surface area contributed by atoms with Gasteiger partial charge in [-0.1, -0.05) is 6.42 Å². The van der Waals surface area contributed by atoms with Gasteiger partial charge < -0.3 is 24.2 Å². The molecule has 1 fully saturated rings. The number of esters is 1. The first-order valence-corrected chi connectivity index (χ1v) is 10.5. The van der Waals surface area contributed by atoms with Crippen molar-refractivity contribution in [1.82, 2.24) is 0 Å². The highest BCUT2D eigenvalue weighted by molar-refractivity contribution is 7.86. The molecule has 1 saturated carbocycles. The SMILES string of the molecule is C[N+](CCO)(CCO)CCOC(COC(=O)C1CCCCC1=O)S(=O)(=O)O. The molecule has 158 valence electrons. The van der Waals surface area contributed by atoms with E-state index in [1.807, 2.05) is 0 Å². The Hall–Kier alpha value is -1.11. The number of rotatable bonds is 12. The van der Waals surface area contributed by atoms with E-state index >= 15 is 0 Å². The summed E-state index contributed by atoms with van der Waals surface area (Å²) in [7, 11) is -2.88. The Labute approximate surface area is 159 Å². The van der Waals surface area contributed by atoms with Crippen LogP contribution in [0.1, 0.15) is 25.7 Å². The molecule has 11 heteroatoms. The minimum absolute atomic E-state index is 0.110. The molecule has 0 spiro atoms. The van der Waals surface area contributed by atoms with Crippen molar-refractivity contribution in [2.75, 3.05) is 53.1 Å². The predicted molar refractivity (Wildman–Crippen MR) is 94.2 cm³/mol. The van der Waals surface area contributed by atoms with Crippen molar-refractivity contribution < 1.29 is 46.7 Å². The number of Topliss-reactive ketones (excluding diaryl/α,β-unsaturated/α-hetero) is 1. The van der Waals surface area contributed by atoms with Crippen molar-refractivity contribution in [2.45, 2.75) is 31.1 Å². The van der Waals surface area contributed by atoms with Gasteiger partial charge in [-0.2, -0.15) is 8.42 Å². The van der Waals surface area contributed by atoms with Crippen LogP contribution in [0.5, 0.6) is 0 Å². The fourth-order valence-corrected chi connectivity index (χ4v) is 3.43. The average Bonchev–Trinajstić information content (AvgIpc) is 2.57. The fourth-order valence-electron chi connectivity index (χ4n) is 2.93. The molecule has 0 aromatic heterocycles. The molecule has 27 heavy (non-hydrogen) atoms. The molecule has 0 heterocycles. The van der Waals surface area contributed by atoms with E-state index in [1.165, 1.54) is 0 Å². The molecule has 0 aromatic carbocycles. The van der Waals surface area contributed by atoms with Crippen LogP contribution in [0, 0.1) is 5.92 Å². The third-order valence-corrected chi connectivity index (χ3v) is 5.68. The molecule has 1 aliphatic carbocycles. The molecule has 2 atom stereocenters. The fraction of sp³-hybridized carbons (Fsp3) is 0.875. The van der Waals surface area contributed by atoms with E-state index in [0.717, 1.165) is 12.8 Å². The van der Waals surface area contributed by atoms with Crippen LogP contribution in [0.2, 0.25) is 0 Å². The van der Waals surface area contributed by atoms with Crippen molar-refractivity contribution in [1.29, 1.82) is 0 Å². The van der Waals surface area contributed by atoms with Gasteiger partial charge in [-0.25, -0.2) is 0 Å². The van der Waals surface area contributed by atoms with Gasteiger partial charge in [0.1, 0.15) is 37.9 Å². The van der Waals surface area contributed by atoms with Gasteiger partial charge in [0, 0.05) is 6.42 Å². The molecule has 1 aliphatic rings. The third-order valence-electron chi connectivity index (χ3n) is 4.75. The van der Waals surface area contributed by atoms with Crippen molar-refractivity contribution in [2.24, 2.45) is 5.92 Å². The monoisotopic (exact) mass is 412 g/mol. The van der Waals surface area contributed by atoms with Crippen LogP contribution >= 0.6 is 0 Å². The molecule has 1 rings (SSSR count). The summed E-state index contributed by atoms with van der Waals surface area (Å²) in [6, 6.07) is 0. The number of ketones is 1. The molecule has 0 aromatic rings. The Bertz CT molecular complexity index is 587. The maximum atomic E-state index is 12.0. The smallest absolute Gasteiger partial charge is 0.316 e. The Kier molecular flexibility index (Phi) is 9.77. The lowest BCUT2D eigenvalue weighted by atomic mass is 9.88. The summed E-state index contributed by atoms with van der Waals surface area (Å²) in [5.41, 5.74) is -1.77. The number of hydrogen-bond donors (Lipinski definition) is 3. The van der Waals surface area contributed by atoms with Gasteiger partial charge in [0.15, 0.2) is 0 Å². The second kappa shape index (κ2) is 11.0. The maximum absolute atomic E-state index is 12.0. The van der Waals surface area contributed by atoms with E-state index in [1.54, 1.807) is 7.05 Å². The molecular formula is C16H30NO9S+. The Morgan fingerprint density at radius 2 is 1.85 bits per heavy atom. The number of nitrogens with zero attached hydrogens (tertiary/aromatic N) is 1. The number of quaternary nitrogens is 1. The second-order valence-corrected chi connectivity index (χ2v) is 8.50. The summed E-state index contributed by atoms with van der Waals surface area (Å²) in [4.78, 5) is 23.7. The summed E-state index contributed by atoms with van der Waals surface area (Å²) < 4.78 is 42.6. The molecule has 2 unspecified atom stereocenters. The lowest BCUT2D eigenvalue weighted by Crippen LogP contribution is -2.50. The zero-order chi connectivity index (χ0) is 20.5. The Balaban J connectivity index is 2.58. The minimum atomic E-state index is -4.64. The first kappa shape index (κ1) is 23.9. The average molecular weight is 412 g/mol. The Morgan fingerprint density at radius 1 is 1.22 bits per heavy atom. The van der Waals surface area contributed by atoms with Gasteiger partial charge in [0.05, 0.1) is 26.9 Å². The predicted octanol–water partition coefficient (Wildman–Crippen LogP) is -1.05. The van der Waals surface area contributed by atoms with Crippen molar-refractivity contribution >= 4 is 21.9 Å². The standard InChI is InChI=1S/C16H29NO9S/c1-17(6-9-18,7-10-19)8-11-25-15(27(22,23)24)12-26-16(21)13-4-2-3-5-14(13)20/h13,15,18-19H,2-12H2,1H3/p+1. The van der Waals surface area contributed by atoms with Crippen molar-refractivity contribution in [3.05, 3.63) is 0 Å². The Morgan fingerprint density at radius 3 is 2.37 bits per heavy atom. The molecule has 3 N–H and O–H groups in total. The number of ether oxygens (including phenoxy) is 2. The number of hydrogen-bond acceptors (Lipinski definition) is 8. The molecule has 0 radical (unpaired) electrons. The molecule has 0 amide bonds. The molecule has 0 aliphatic heterocycles. The van der Waals surface area contributed by atoms with Crippen molar-refractivity contribution in [3.8, 4) is 0 Å². The maximum Gasteiger partial charge on any atom is 0.316 e. The van der Waals surface area contributed by atoms with E-state index in [0.29, 0.717) is 25.9 Å².